The van der Waals surface area contributed by atoms with E-state index in [1.807, 2.05) is 18.2 Å². The molecule has 108 valence electrons. The Bertz CT molecular complexity index is 498. The van der Waals surface area contributed by atoms with Crippen LogP contribution in [0.5, 0.6) is 0 Å². The van der Waals surface area contributed by atoms with Crippen molar-refractivity contribution in [1.82, 2.24) is 15.5 Å². The molecule has 2 N–H and O–H groups in total. The van der Waals surface area contributed by atoms with Gasteiger partial charge in [0.1, 0.15) is 0 Å². The monoisotopic (exact) mass is 274 g/mol. The molecule has 1 atom stereocenters. The Morgan fingerprint density at radius 1 is 1.20 bits per heavy atom. The third-order valence-electron chi connectivity index (χ3n) is 2.92. The SMILES string of the molecule is CCCNCc1nnc(NC(C)Cc2ccccc2)o1. The summed E-state index contributed by atoms with van der Waals surface area (Å²) in [6, 6.07) is 11.1. The second-order valence-corrected chi connectivity index (χ2v) is 4.91. The van der Waals surface area contributed by atoms with Gasteiger partial charge in [-0.1, -0.05) is 42.4 Å². The fraction of sp³-hybridized carbons (Fsp3) is 0.467. The maximum atomic E-state index is 5.54. The molecule has 0 aliphatic heterocycles. The van der Waals surface area contributed by atoms with Crippen LogP contribution in [0.1, 0.15) is 31.7 Å². The predicted octanol–water partition coefficient (Wildman–Crippen LogP) is 2.61. The van der Waals surface area contributed by atoms with E-state index >= 15 is 0 Å². The van der Waals surface area contributed by atoms with Crippen molar-refractivity contribution in [1.29, 1.82) is 0 Å². The summed E-state index contributed by atoms with van der Waals surface area (Å²) < 4.78 is 5.54. The zero-order chi connectivity index (χ0) is 14.2. The standard InChI is InChI=1S/C15H22N4O/c1-3-9-16-11-14-18-19-15(20-14)17-12(2)10-13-7-5-4-6-8-13/h4-8,12,16H,3,9-11H2,1-2H3,(H,17,19). The minimum atomic E-state index is 0.245. The molecule has 0 saturated heterocycles. The van der Waals surface area contributed by atoms with Gasteiger partial charge < -0.3 is 15.1 Å². The van der Waals surface area contributed by atoms with Gasteiger partial charge in [0.15, 0.2) is 0 Å². The molecule has 0 bridgehead atoms. The topological polar surface area (TPSA) is 63.0 Å². The molecule has 1 unspecified atom stereocenters. The molecule has 1 aromatic heterocycles. The smallest absolute Gasteiger partial charge is 0.315 e. The molecular weight excluding hydrogens is 252 g/mol. The van der Waals surface area contributed by atoms with Gasteiger partial charge in [0.05, 0.1) is 6.54 Å². The molecule has 0 saturated carbocycles. The summed E-state index contributed by atoms with van der Waals surface area (Å²) in [4.78, 5) is 0. The Balaban J connectivity index is 1.80. The van der Waals surface area contributed by atoms with Gasteiger partial charge in [-0.3, -0.25) is 0 Å². The third kappa shape index (κ3) is 4.66. The highest BCUT2D eigenvalue weighted by Crippen LogP contribution is 2.10. The van der Waals surface area contributed by atoms with Crippen molar-refractivity contribution in [3.8, 4) is 0 Å². The molecular formula is C15H22N4O. The van der Waals surface area contributed by atoms with Crippen LogP contribution in [0.15, 0.2) is 34.7 Å². The van der Waals surface area contributed by atoms with E-state index < -0.39 is 0 Å². The minimum Gasteiger partial charge on any atom is -0.407 e. The van der Waals surface area contributed by atoms with Crippen LogP contribution >= 0.6 is 0 Å². The van der Waals surface area contributed by atoms with Crippen molar-refractivity contribution < 1.29 is 4.42 Å². The molecule has 20 heavy (non-hydrogen) atoms. The Kier molecular flexibility index (Phi) is 5.55. The second-order valence-electron chi connectivity index (χ2n) is 4.91. The van der Waals surface area contributed by atoms with Crippen molar-refractivity contribution in [2.75, 3.05) is 11.9 Å². The average molecular weight is 274 g/mol. The molecule has 0 aliphatic rings. The van der Waals surface area contributed by atoms with Gasteiger partial charge in [-0.15, -0.1) is 5.10 Å². The number of nitrogens with zero attached hydrogens (tertiary/aromatic N) is 2. The molecule has 5 heteroatoms. The van der Waals surface area contributed by atoms with Crippen molar-refractivity contribution in [2.24, 2.45) is 0 Å². The maximum absolute atomic E-state index is 5.54. The predicted molar refractivity (Wildman–Crippen MR) is 79.5 cm³/mol. The lowest BCUT2D eigenvalue weighted by atomic mass is 10.1. The van der Waals surface area contributed by atoms with Crippen LogP contribution in [0.25, 0.3) is 0 Å². The maximum Gasteiger partial charge on any atom is 0.315 e. The summed E-state index contributed by atoms with van der Waals surface area (Å²) >= 11 is 0. The Morgan fingerprint density at radius 3 is 2.75 bits per heavy atom. The molecule has 2 aromatic rings. The van der Waals surface area contributed by atoms with E-state index in [4.69, 9.17) is 4.42 Å². The molecule has 1 aromatic carbocycles. The number of benzene rings is 1. The molecule has 0 radical (unpaired) electrons. The molecule has 5 nitrogen and oxygen atoms in total. The zero-order valence-corrected chi connectivity index (χ0v) is 12.1. The van der Waals surface area contributed by atoms with Gasteiger partial charge in [-0.25, -0.2) is 0 Å². The molecule has 1 heterocycles. The van der Waals surface area contributed by atoms with Gasteiger partial charge in [-0.05, 0) is 31.9 Å². The van der Waals surface area contributed by atoms with Crippen LogP contribution < -0.4 is 10.6 Å². The van der Waals surface area contributed by atoms with Gasteiger partial charge >= 0.3 is 6.01 Å². The van der Waals surface area contributed by atoms with Crippen LogP contribution in [-0.4, -0.2) is 22.8 Å². The fourth-order valence-electron chi connectivity index (χ4n) is 1.98. The minimum absolute atomic E-state index is 0.245. The summed E-state index contributed by atoms with van der Waals surface area (Å²) in [7, 11) is 0. The lowest BCUT2D eigenvalue weighted by Crippen LogP contribution is -2.18. The molecule has 0 spiro atoms. The molecule has 0 aliphatic carbocycles. The van der Waals surface area contributed by atoms with E-state index in [2.05, 4.69) is 46.8 Å². The van der Waals surface area contributed by atoms with Crippen molar-refractivity contribution in [3.63, 3.8) is 0 Å². The van der Waals surface area contributed by atoms with E-state index in [0.717, 1.165) is 19.4 Å². The number of hydrogen-bond donors (Lipinski definition) is 2. The number of hydrogen-bond acceptors (Lipinski definition) is 5. The molecule has 0 amide bonds. The van der Waals surface area contributed by atoms with Gasteiger partial charge in [0.25, 0.3) is 0 Å². The Hall–Kier alpha value is -1.88. The van der Waals surface area contributed by atoms with Crippen LogP contribution in [0.2, 0.25) is 0 Å². The lowest BCUT2D eigenvalue weighted by Gasteiger charge is -2.11. The summed E-state index contributed by atoms with van der Waals surface area (Å²) in [6.45, 7) is 5.80. The Labute approximate surface area is 119 Å². The first-order valence-corrected chi connectivity index (χ1v) is 7.11. The van der Waals surface area contributed by atoms with Crippen LogP contribution in [0.4, 0.5) is 6.01 Å². The van der Waals surface area contributed by atoms with Crippen LogP contribution in [0.3, 0.4) is 0 Å². The van der Waals surface area contributed by atoms with Crippen LogP contribution in [-0.2, 0) is 13.0 Å². The normalized spacial score (nSPS) is 12.3. The lowest BCUT2D eigenvalue weighted by molar-refractivity contribution is 0.473. The number of nitrogens with one attached hydrogen (secondary N) is 2. The largest absolute Gasteiger partial charge is 0.407 e. The van der Waals surface area contributed by atoms with E-state index in [9.17, 15) is 0 Å². The molecule has 2 rings (SSSR count). The summed E-state index contributed by atoms with van der Waals surface area (Å²) in [5.41, 5.74) is 1.29. The van der Waals surface area contributed by atoms with Gasteiger partial charge in [0.2, 0.25) is 5.89 Å². The Morgan fingerprint density at radius 2 is 2.00 bits per heavy atom. The van der Waals surface area contributed by atoms with Gasteiger partial charge in [-0.2, -0.15) is 0 Å². The number of rotatable bonds is 8. The van der Waals surface area contributed by atoms with Gasteiger partial charge in [0, 0.05) is 6.04 Å². The summed E-state index contributed by atoms with van der Waals surface area (Å²) in [5.74, 6) is 0.618. The highest BCUT2D eigenvalue weighted by atomic mass is 16.4. The quantitative estimate of drug-likeness (QED) is 0.724. The van der Waals surface area contributed by atoms with E-state index in [1.54, 1.807) is 0 Å². The fourth-order valence-corrected chi connectivity index (χ4v) is 1.98. The third-order valence-corrected chi connectivity index (χ3v) is 2.92. The zero-order valence-electron chi connectivity index (χ0n) is 12.1. The van der Waals surface area contributed by atoms with E-state index in [-0.39, 0.29) is 6.04 Å². The van der Waals surface area contributed by atoms with Crippen molar-refractivity contribution in [3.05, 3.63) is 41.8 Å². The first kappa shape index (κ1) is 14.5. The highest BCUT2D eigenvalue weighted by Gasteiger charge is 2.09. The van der Waals surface area contributed by atoms with E-state index in [0.29, 0.717) is 18.5 Å². The summed E-state index contributed by atoms with van der Waals surface area (Å²) in [6.07, 6.45) is 2.01. The summed E-state index contributed by atoms with van der Waals surface area (Å²) in [5, 5.41) is 14.5. The average Bonchev–Trinajstić information content (AvgIpc) is 2.87. The number of anilines is 1. The number of aromatic nitrogens is 2. The second kappa shape index (κ2) is 7.65. The van der Waals surface area contributed by atoms with Crippen LogP contribution in [0, 0.1) is 0 Å². The first-order chi connectivity index (χ1) is 9.78. The van der Waals surface area contributed by atoms with Crippen molar-refractivity contribution in [2.45, 2.75) is 39.3 Å². The van der Waals surface area contributed by atoms with E-state index in [1.165, 1.54) is 5.56 Å². The highest BCUT2D eigenvalue weighted by molar-refractivity contribution is 5.22. The first-order valence-electron chi connectivity index (χ1n) is 7.11. The van der Waals surface area contributed by atoms with Crippen molar-refractivity contribution >= 4 is 6.01 Å². The molecule has 0 fully saturated rings.